The maximum absolute atomic E-state index is 13.3. The molecule has 0 aliphatic heterocycles. The Balaban J connectivity index is 2.15. The van der Waals surface area contributed by atoms with Crippen molar-refractivity contribution in [3.63, 3.8) is 0 Å². The Morgan fingerprint density at radius 3 is 2.25 bits per heavy atom. The van der Waals surface area contributed by atoms with E-state index in [2.05, 4.69) is 10.1 Å². The molecular formula is C17H14F3N3S. The zero-order valence-electron chi connectivity index (χ0n) is 13.0. The zero-order valence-corrected chi connectivity index (χ0v) is 13.8. The number of aromatic nitrogens is 3. The van der Waals surface area contributed by atoms with Crippen molar-refractivity contribution in [2.24, 2.45) is 7.05 Å². The van der Waals surface area contributed by atoms with E-state index in [1.54, 1.807) is 13.1 Å². The SMILES string of the molecule is CSc1ccccc1-c1nc(-c2ccccc2C(F)(F)F)n(C)n1. The Labute approximate surface area is 141 Å². The lowest BCUT2D eigenvalue weighted by Gasteiger charge is -2.11. The van der Waals surface area contributed by atoms with Gasteiger partial charge in [-0.3, -0.25) is 0 Å². The molecule has 1 heterocycles. The fourth-order valence-corrected chi connectivity index (χ4v) is 3.08. The van der Waals surface area contributed by atoms with E-state index >= 15 is 0 Å². The standard InChI is InChI=1S/C17H14F3N3S/c1-23-16(11-7-3-5-9-13(11)17(18,19)20)21-15(22-23)12-8-4-6-10-14(12)24-2/h3-10H,1-2H3. The van der Waals surface area contributed by atoms with Gasteiger partial charge in [-0.15, -0.1) is 11.8 Å². The summed E-state index contributed by atoms with van der Waals surface area (Å²) in [5.41, 5.74) is 0.106. The van der Waals surface area contributed by atoms with E-state index in [1.807, 2.05) is 30.5 Å². The highest BCUT2D eigenvalue weighted by Crippen LogP contribution is 2.37. The summed E-state index contributed by atoms with van der Waals surface area (Å²) in [6, 6.07) is 12.9. The van der Waals surface area contributed by atoms with Crippen molar-refractivity contribution in [2.75, 3.05) is 6.26 Å². The highest BCUT2D eigenvalue weighted by Gasteiger charge is 2.34. The highest BCUT2D eigenvalue weighted by atomic mass is 32.2. The normalized spacial score (nSPS) is 11.7. The van der Waals surface area contributed by atoms with E-state index in [4.69, 9.17) is 0 Å². The molecule has 0 aliphatic carbocycles. The molecule has 0 N–H and O–H groups in total. The number of rotatable bonds is 3. The van der Waals surface area contributed by atoms with Gasteiger partial charge in [-0.25, -0.2) is 9.67 Å². The minimum absolute atomic E-state index is 0.0212. The molecule has 0 fully saturated rings. The quantitative estimate of drug-likeness (QED) is 0.631. The number of nitrogens with zero attached hydrogens (tertiary/aromatic N) is 3. The Morgan fingerprint density at radius 2 is 1.58 bits per heavy atom. The molecule has 0 radical (unpaired) electrons. The molecule has 24 heavy (non-hydrogen) atoms. The van der Waals surface area contributed by atoms with Crippen molar-refractivity contribution in [1.29, 1.82) is 0 Å². The van der Waals surface area contributed by atoms with Crippen molar-refractivity contribution < 1.29 is 13.2 Å². The topological polar surface area (TPSA) is 30.7 Å². The lowest BCUT2D eigenvalue weighted by molar-refractivity contribution is -0.137. The van der Waals surface area contributed by atoms with Crippen LogP contribution < -0.4 is 0 Å². The van der Waals surface area contributed by atoms with Gasteiger partial charge in [0, 0.05) is 23.1 Å². The van der Waals surface area contributed by atoms with Crippen LogP contribution >= 0.6 is 11.8 Å². The van der Waals surface area contributed by atoms with Crippen molar-refractivity contribution >= 4 is 11.8 Å². The summed E-state index contributed by atoms with van der Waals surface area (Å²) >= 11 is 1.54. The van der Waals surface area contributed by atoms with Crippen LogP contribution in [-0.2, 0) is 13.2 Å². The van der Waals surface area contributed by atoms with Crippen LogP contribution in [0.1, 0.15) is 5.56 Å². The Bertz CT molecular complexity index is 872. The van der Waals surface area contributed by atoms with E-state index in [1.165, 1.54) is 28.6 Å². The van der Waals surface area contributed by atoms with Crippen LogP contribution in [0.5, 0.6) is 0 Å². The second kappa shape index (κ2) is 6.32. The number of aryl methyl sites for hydroxylation is 1. The monoisotopic (exact) mass is 349 g/mol. The Kier molecular flexibility index (Phi) is 4.36. The molecule has 7 heteroatoms. The molecule has 2 aromatic carbocycles. The smallest absolute Gasteiger partial charge is 0.248 e. The first-order valence-electron chi connectivity index (χ1n) is 7.13. The van der Waals surface area contributed by atoms with Gasteiger partial charge in [-0.1, -0.05) is 30.3 Å². The van der Waals surface area contributed by atoms with Crippen LogP contribution in [0.4, 0.5) is 13.2 Å². The van der Waals surface area contributed by atoms with Gasteiger partial charge in [-0.2, -0.15) is 18.3 Å². The van der Waals surface area contributed by atoms with Crippen molar-refractivity contribution in [3.8, 4) is 22.8 Å². The predicted octanol–water partition coefficient (Wildman–Crippen LogP) is 4.89. The van der Waals surface area contributed by atoms with Crippen LogP contribution in [0.3, 0.4) is 0 Å². The first-order valence-corrected chi connectivity index (χ1v) is 8.35. The van der Waals surface area contributed by atoms with E-state index in [0.717, 1.165) is 16.5 Å². The number of hydrogen-bond acceptors (Lipinski definition) is 3. The second-order valence-corrected chi connectivity index (χ2v) is 5.97. The fraction of sp³-hybridized carbons (Fsp3) is 0.176. The summed E-state index contributed by atoms with van der Waals surface area (Å²) in [5.74, 6) is 0.600. The summed E-state index contributed by atoms with van der Waals surface area (Å²) in [5, 5.41) is 4.31. The van der Waals surface area contributed by atoms with Gasteiger partial charge < -0.3 is 0 Å². The van der Waals surface area contributed by atoms with Gasteiger partial charge in [0.25, 0.3) is 0 Å². The molecule has 0 bridgehead atoms. The van der Waals surface area contributed by atoms with E-state index in [9.17, 15) is 13.2 Å². The van der Waals surface area contributed by atoms with Gasteiger partial charge in [0.15, 0.2) is 11.6 Å². The van der Waals surface area contributed by atoms with Crippen molar-refractivity contribution in [1.82, 2.24) is 14.8 Å². The molecule has 3 nitrogen and oxygen atoms in total. The van der Waals surface area contributed by atoms with Crippen molar-refractivity contribution in [2.45, 2.75) is 11.1 Å². The van der Waals surface area contributed by atoms with E-state index < -0.39 is 11.7 Å². The number of benzene rings is 2. The maximum atomic E-state index is 13.3. The van der Waals surface area contributed by atoms with Crippen LogP contribution in [-0.4, -0.2) is 21.0 Å². The van der Waals surface area contributed by atoms with Crippen LogP contribution in [0.2, 0.25) is 0 Å². The second-order valence-electron chi connectivity index (χ2n) is 5.13. The fourth-order valence-electron chi connectivity index (χ4n) is 2.49. The predicted molar refractivity (Wildman–Crippen MR) is 88.7 cm³/mol. The summed E-state index contributed by atoms with van der Waals surface area (Å²) in [6.07, 6.45) is -2.51. The zero-order chi connectivity index (χ0) is 17.3. The average Bonchev–Trinajstić information content (AvgIpc) is 2.95. The number of alkyl halides is 3. The third-order valence-electron chi connectivity index (χ3n) is 3.58. The average molecular weight is 349 g/mol. The summed E-state index contributed by atoms with van der Waals surface area (Å²) in [4.78, 5) is 5.34. The molecule has 3 aromatic rings. The molecule has 0 atom stereocenters. The first-order chi connectivity index (χ1) is 11.4. The lowest BCUT2D eigenvalue weighted by atomic mass is 10.1. The van der Waals surface area contributed by atoms with Crippen LogP contribution in [0.15, 0.2) is 53.4 Å². The molecule has 3 rings (SSSR count). The molecule has 0 saturated heterocycles. The van der Waals surface area contributed by atoms with Crippen molar-refractivity contribution in [3.05, 3.63) is 54.1 Å². The molecule has 0 spiro atoms. The van der Waals surface area contributed by atoms with Gasteiger partial charge in [0.05, 0.1) is 5.56 Å². The molecular weight excluding hydrogens is 335 g/mol. The van der Waals surface area contributed by atoms with E-state index in [0.29, 0.717) is 5.82 Å². The first kappa shape index (κ1) is 16.6. The summed E-state index contributed by atoms with van der Waals surface area (Å²) in [7, 11) is 1.60. The van der Waals surface area contributed by atoms with Crippen LogP contribution in [0.25, 0.3) is 22.8 Å². The number of thioether (sulfide) groups is 1. The van der Waals surface area contributed by atoms with Gasteiger partial charge >= 0.3 is 6.18 Å². The maximum Gasteiger partial charge on any atom is 0.417 e. The van der Waals surface area contributed by atoms with Gasteiger partial charge in [-0.05, 0) is 24.5 Å². The molecule has 1 aromatic heterocycles. The highest BCUT2D eigenvalue weighted by molar-refractivity contribution is 7.98. The third-order valence-corrected chi connectivity index (χ3v) is 4.38. The molecule has 0 saturated carbocycles. The summed E-state index contributed by atoms with van der Waals surface area (Å²) < 4.78 is 41.1. The lowest BCUT2D eigenvalue weighted by Crippen LogP contribution is -2.08. The largest absolute Gasteiger partial charge is 0.417 e. The van der Waals surface area contributed by atoms with Gasteiger partial charge in [0.2, 0.25) is 0 Å². The molecule has 0 unspecified atom stereocenters. The Morgan fingerprint density at radius 1 is 0.958 bits per heavy atom. The number of hydrogen-bond donors (Lipinski definition) is 0. The minimum Gasteiger partial charge on any atom is -0.248 e. The Hall–Kier alpha value is -2.28. The minimum atomic E-state index is -4.44. The van der Waals surface area contributed by atoms with E-state index in [-0.39, 0.29) is 11.4 Å². The third kappa shape index (κ3) is 3.03. The molecule has 0 aliphatic rings. The molecule has 124 valence electrons. The molecule has 0 amide bonds. The van der Waals surface area contributed by atoms with Crippen LogP contribution in [0, 0.1) is 0 Å². The number of halogens is 3. The summed E-state index contributed by atoms with van der Waals surface area (Å²) in [6.45, 7) is 0. The van der Waals surface area contributed by atoms with Gasteiger partial charge in [0.1, 0.15) is 0 Å².